The highest BCUT2D eigenvalue weighted by molar-refractivity contribution is 9.10. The first-order valence-corrected chi connectivity index (χ1v) is 6.61. The molecule has 0 aromatic heterocycles. The molecule has 1 aromatic rings. The molecular weight excluding hydrogens is 282 g/mol. The summed E-state index contributed by atoms with van der Waals surface area (Å²) in [6.45, 7) is 6.47. The number of ether oxygens (including phenoxy) is 1. The largest absolute Gasteiger partial charge is 0.493 e. The maximum absolute atomic E-state index is 12.0. The molecule has 0 saturated carbocycles. The fourth-order valence-corrected chi connectivity index (χ4v) is 1.73. The summed E-state index contributed by atoms with van der Waals surface area (Å²) in [6, 6.07) is 5.61. The predicted octanol–water partition coefficient (Wildman–Crippen LogP) is 3.38. The van der Waals surface area contributed by atoms with Crippen LogP contribution in [0.5, 0.6) is 5.75 Å². The minimum absolute atomic E-state index is 0.0934. The third-order valence-electron chi connectivity index (χ3n) is 2.48. The molecule has 1 rings (SSSR count). The van der Waals surface area contributed by atoms with E-state index in [9.17, 15) is 4.79 Å². The summed E-state index contributed by atoms with van der Waals surface area (Å²) in [6.07, 6.45) is 0.906. The van der Waals surface area contributed by atoms with E-state index in [1.54, 1.807) is 12.1 Å². The van der Waals surface area contributed by atoms with Gasteiger partial charge in [0, 0.05) is 10.5 Å². The van der Waals surface area contributed by atoms with Gasteiger partial charge in [-0.3, -0.25) is 4.79 Å². The van der Waals surface area contributed by atoms with Crippen LogP contribution in [0, 0.1) is 0 Å². The third-order valence-corrected chi connectivity index (χ3v) is 2.97. The van der Waals surface area contributed by atoms with Crippen molar-refractivity contribution in [1.29, 1.82) is 0 Å². The van der Waals surface area contributed by atoms with Crippen molar-refractivity contribution in [2.45, 2.75) is 33.2 Å². The van der Waals surface area contributed by atoms with Crippen LogP contribution in [0.15, 0.2) is 22.7 Å². The molecule has 1 atom stereocenters. The molecule has 0 radical (unpaired) electrons. The number of hydrogen-bond donors (Lipinski definition) is 1. The Balaban J connectivity index is 2.93. The Labute approximate surface area is 111 Å². The van der Waals surface area contributed by atoms with Crippen LogP contribution in [0.4, 0.5) is 0 Å². The van der Waals surface area contributed by atoms with E-state index in [1.165, 1.54) is 0 Å². The second-order valence-corrected chi connectivity index (χ2v) is 4.77. The number of hydrogen-bond acceptors (Lipinski definition) is 2. The fourth-order valence-electron chi connectivity index (χ4n) is 1.36. The van der Waals surface area contributed by atoms with Crippen LogP contribution < -0.4 is 10.1 Å². The molecule has 17 heavy (non-hydrogen) atoms. The van der Waals surface area contributed by atoms with E-state index < -0.39 is 0 Å². The molecule has 1 amide bonds. The molecule has 0 fully saturated rings. The summed E-state index contributed by atoms with van der Waals surface area (Å²) >= 11 is 3.36. The number of halogens is 1. The first-order chi connectivity index (χ1) is 8.08. The van der Waals surface area contributed by atoms with Crippen molar-refractivity contribution in [1.82, 2.24) is 5.32 Å². The summed E-state index contributed by atoms with van der Waals surface area (Å²) < 4.78 is 6.32. The van der Waals surface area contributed by atoms with Crippen LogP contribution in [0.1, 0.15) is 37.6 Å². The maximum Gasteiger partial charge on any atom is 0.255 e. The zero-order valence-electron chi connectivity index (χ0n) is 10.4. The summed E-state index contributed by atoms with van der Waals surface area (Å²) in [5.41, 5.74) is 0.571. The lowest BCUT2D eigenvalue weighted by atomic mass is 10.1. The van der Waals surface area contributed by atoms with Crippen LogP contribution in [0.3, 0.4) is 0 Å². The van der Waals surface area contributed by atoms with Gasteiger partial charge in [0.05, 0.1) is 12.2 Å². The fraction of sp³-hybridized carbons (Fsp3) is 0.462. The highest BCUT2D eigenvalue weighted by Crippen LogP contribution is 2.23. The smallest absolute Gasteiger partial charge is 0.255 e. The lowest BCUT2D eigenvalue weighted by molar-refractivity contribution is 0.0935. The zero-order chi connectivity index (χ0) is 12.8. The van der Waals surface area contributed by atoms with Gasteiger partial charge in [-0.25, -0.2) is 0 Å². The molecule has 1 N–H and O–H groups in total. The average molecular weight is 300 g/mol. The Hall–Kier alpha value is -1.03. The van der Waals surface area contributed by atoms with E-state index in [0.717, 1.165) is 10.9 Å². The van der Waals surface area contributed by atoms with Crippen molar-refractivity contribution < 1.29 is 9.53 Å². The minimum atomic E-state index is -0.0934. The highest BCUT2D eigenvalue weighted by atomic mass is 79.9. The summed E-state index contributed by atoms with van der Waals surface area (Å²) in [5.74, 6) is 0.528. The second-order valence-electron chi connectivity index (χ2n) is 3.86. The van der Waals surface area contributed by atoms with E-state index in [0.29, 0.717) is 17.9 Å². The normalized spacial score (nSPS) is 12.0. The lowest BCUT2D eigenvalue weighted by Crippen LogP contribution is -2.32. The molecule has 1 unspecified atom stereocenters. The van der Waals surface area contributed by atoms with Gasteiger partial charge >= 0.3 is 0 Å². The molecule has 4 heteroatoms. The van der Waals surface area contributed by atoms with Crippen molar-refractivity contribution in [3.8, 4) is 5.75 Å². The van der Waals surface area contributed by atoms with E-state index in [1.807, 2.05) is 26.8 Å². The Morgan fingerprint density at radius 3 is 2.76 bits per heavy atom. The van der Waals surface area contributed by atoms with Gasteiger partial charge in [-0.05, 0) is 38.5 Å². The summed E-state index contributed by atoms with van der Waals surface area (Å²) in [4.78, 5) is 12.0. The highest BCUT2D eigenvalue weighted by Gasteiger charge is 2.14. The van der Waals surface area contributed by atoms with Crippen LogP contribution in [0.2, 0.25) is 0 Å². The summed E-state index contributed by atoms with van der Waals surface area (Å²) in [5, 5.41) is 2.93. The number of nitrogens with one attached hydrogen (secondary N) is 1. The van der Waals surface area contributed by atoms with E-state index >= 15 is 0 Å². The van der Waals surface area contributed by atoms with Crippen molar-refractivity contribution in [2.75, 3.05) is 6.61 Å². The molecule has 0 aliphatic rings. The number of benzene rings is 1. The van der Waals surface area contributed by atoms with E-state index in [-0.39, 0.29) is 11.9 Å². The van der Waals surface area contributed by atoms with Gasteiger partial charge in [0.25, 0.3) is 5.91 Å². The zero-order valence-corrected chi connectivity index (χ0v) is 12.0. The van der Waals surface area contributed by atoms with E-state index in [4.69, 9.17) is 4.74 Å². The quantitative estimate of drug-likeness (QED) is 0.905. The van der Waals surface area contributed by atoms with Crippen LogP contribution in [-0.2, 0) is 0 Å². The molecule has 0 aliphatic heterocycles. The van der Waals surface area contributed by atoms with Crippen LogP contribution in [0.25, 0.3) is 0 Å². The standard InChI is InChI=1S/C13H18BrNO2/c1-4-9(3)15-13(16)11-8-10(14)6-7-12(11)17-5-2/h6-9H,4-5H2,1-3H3,(H,15,16). The van der Waals surface area contributed by atoms with Crippen molar-refractivity contribution >= 4 is 21.8 Å². The number of carbonyl (C=O) groups excluding carboxylic acids is 1. The Kier molecular flexibility index (Phi) is 5.48. The molecule has 0 spiro atoms. The minimum Gasteiger partial charge on any atom is -0.493 e. The van der Waals surface area contributed by atoms with Gasteiger partial charge in [-0.1, -0.05) is 22.9 Å². The number of rotatable bonds is 5. The third kappa shape index (κ3) is 4.04. The summed E-state index contributed by atoms with van der Waals surface area (Å²) in [7, 11) is 0. The maximum atomic E-state index is 12.0. The predicted molar refractivity (Wildman–Crippen MR) is 72.5 cm³/mol. The SMILES string of the molecule is CCOc1ccc(Br)cc1C(=O)NC(C)CC. The van der Waals surface area contributed by atoms with Gasteiger partial charge in [-0.15, -0.1) is 0 Å². The molecule has 0 aliphatic carbocycles. The first-order valence-electron chi connectivity index (χ1n) is 5.81. The van der Waals surface area contributed by atoms with E-state index in [2.05, 4.69) is 21.2 Å². The van der Waals surface area contributed by atoms with Gasteiger partial charge in [-0.2, -0.15) is 0 Å². The topological polar surface area (TPSA) is 38.3 Å². The average Bonchev–Trinajstić information content (AvgIpc) is 2.31. The van der Waals surface area contributed by atoms with Gasteiger partial charge < -0.3 is 10.1 Å². The lowest BCUT2D eigenvalue weighted by Gasteiger charge is -2.14. The van der Waals surface area contributed by atoms with Crippen LogP contribution >= 0.6 is 15.9 Å². The first kappa shape index (κ1) is 14.0. The molecular formula is C13H18BrNO2. The van der Waals surface area contributed by atoms with Crippen molar-refractivity contribution in [3.05, 3.63) is 28.2 Å². The molecule has 94 valence electrons. The molecule has 3 nitrogen and oxygen atoms in total. The van der Waals surface area contributed by atoms with Gasteiger partial charge in [0.15, 0.2) is 0 Å². The monoisotopic (exact) mass is 299 g/mol. The Bertz CT molecular complexity index is 393. The Morgan fingerprint density at radius 2 is 2.18 bits per heavy atom. The van der Waals surface area contributed by atoms with Crippen molar-refractivity contribution in [3.63, 3.8) is 0 Å². The van der Waals surface area contributed by atoms with Crippen LogP contribution in [-0.4, -0.2) is 18.6 Å². The Morgan fingerprint density at radius 1 is 1.47 bits per heavy atom. The molecule has 0 bridgehead atoms. The number of amides is 1. The molecule has 0 heterocycles. The second kappa shape index (κ2) is 6.64. The van der Waals surface area contributed by atoms with Gasteiger partial charge in [0.2, 0.25) is 0 Å². The van der Waals surface area contributed by atoms with Crippen molar-refractivity contribution in [2.24, 2.45) is 0 Å². The van der Waals surface area contributed by atoms with Gasteiger partial charge in [0.1, 0.15) is 5.75 Å². The molecule has 0 saturated heterocycles. The molecule has 1 aromatic carbocycles. The number of carbonyl (C=O) groups is 1.